The van der Waals surface area contributed by atoms with Crippen LogP contribution in [0.1, 0.15) is 46.0 Å². The summed E-state index contributed by atoms with van der Waals surface area (Å²) >= 11 is 0. The lowest BCUT2D eigenvalue weighted by atomic mass is 9.92. The first-order chi connectivity index (χ1) is 6.66. The van der Waals surface area contributed by atoms with Crippen LogP contribution in [0.4, 0.5) is 0 Å². The highest BCUT2D eigenvalue weighted by molar-refractivity contribution is 5.76. The maximum Gasteiger partial charge on any atom is 0.220 e. The van der Waals surface area contributed by atoms with E-state index in [1.54, 1.807) is 0 Å². The molecule has 0 aromatic heterocycles. The minimum atomic E-state index is -0.0247. The summed E-state index contributed by atoms with van der Waals surface area (Å²) in [5.41, 5.74) is -0.0247. The Kier molecular flexibility index (Phi) is 4.39. The predicted octanol–water partition coefficient (Wildman–Crippen LogP) is 1.86. The summed E-state index contributed by atoms with van der Waals surface area (Å²) in [6.07, 6.45) is 4.59. The Morgan fingerprint density at radius 2 is 2.07 bits per heavy atom. The lowest BCUT2D eigenvalue weighted by molar-refractivity contribution is -0.124. The molecule has 0 aromatic carbocycles. The highest BCUT2D eigenvalue weighted by Crippen LogP contribution is 2.19. The minimum absolute atomic E-state index is 0.0247. The van der Waals surface area contributed by atoms with Crippen molar-refractivity contribution in [2.75, 3.05) is 13.2 Å². The molecule has 0 radical (unpaired) electrons. The van der Waals surface area contributed by atoms with Crippen LogP contribution in [0.2, 0.25) is 0 Å². The van der Waals surface area contributed by atoms with Crippen molar-refractivity contribution in [2.45, 2.75) is 51.5 Å². The number of ether oxygens (including phenoxy) is 1. The van der Waals surface area contributed by atoms with Gasteiger partial charge in [0.05, 0.1) is 0 Å². The first kappa shape index (κ1) is 11.5. The summed E-state index contributed by atoms with van der Waals surface area (Å²) in [5, 5.41) is 3.11. The summed E-state index contributed by atoms with van der Waals surface area (Å²) in [5.74, 6) is 0.191. The maximum absolute atomic E-state index is 11.5. The monoisotopic (exact) mass is 199 g/mol. The number of amides is 1. The van der Waals surface area contributed by atoms with Gasteiger partial charge in [0.25, 0.3) is 0 Å². The zero-order chi connectivity index (χ0) is 10.4. The van der Waals surface area contributed by atoms with Crippen LogP contribution in [-0.2, 0) is 9.53 Å². The first-order valence-electron chi connectivity index (χ1n) is 5.55. The number of rotatable bonds is 4. The molecule has 1 heterocycles. The van der Waals surface area contributed by atoms with Crippen molar-refractivity contribution in [1.82, 2.24) is 5.32 Å². The van der Waals surface area contributed by atoms with Crippen LogP contribution < -0.4 is 5.32 Å². The van der Waals surface area contributed by atoms with Crippen LogP contribution in [0, 0.1) is 0 Å². The van der Waals surface area contributed by atoms with Crippen molar-refractivity contribution >= 4 is 5.91 Å². The second-order valence-corrected chi connectivity index (χ2v) is 4.32. The molecule has 82 valence electrons. The van der Waals surface area contributed by atoms with Gasteiger partial charge >= 0.3 is 0 Å². The SMILES string of the molecule is CCCCC(=O)NC1(C)CCOCC1. The summed E-state index contributed by atoms with van der Waals surface area (Å²) in [7, 11) is 0. The van der Waals surface area contributed by atoms with Crippen LogP contribution in [0.5, 0.6) is 0 Å². The molecule has 0 spiro atoms. The molecule has 0 bridgehead atoms. The Balaban J connectivity index is 2.29. The molecular formula is C11H21NO2. The van der Waals surface area contributed by atoms with Crippen molar-refractivity contribution in [3.63, 3.8) is 0 Å². The predicted molar refractivity (Wildman–Crippen MR) is 56.1 cm³/mol. The molecular weight excluding hydrogens is 178 g/mol. The van der Waals surface area contributed by atoms with Gasteiger partial charge in [-0.1, -0.05) is 13.3 Å². The maximum atomic E-state index is 11.5. The molecule has 1 fully saturated rings. The molecule has 3 nitrogen and oxygen atoms in total. The van der Waals surface area contributed by atoms with E-state index in [1.165, 1.54) is 0 Å². The molecule has 1 aliphatic heterocycles. The van der Waals surface area contributed by atoms with Gasteiger partial charge in [0.15, 0.2) is 0 Å². The quantitative estimate of drug-likeness (QED) is 0.750. The average Bonchev–Trinajstić information content (AvgIpc) is 2.15. The van der Waals surface area contributed by atoms with Crippen molar-refractivity contribution < 1.29 is 9.53 Å². The van der Waals surface area contributed by atoms with E-state index in [9.17, 15) is 4.79 Å². The Morgan fingerprint density at radius 3 is 2.64 bits per heavy atom. The fourth-order valence-corrected chi connectivity index (χ4v) is 1.68. The molecule has 0 saturated carbocycles. The molecule has 1 aliphatic rings. The van der Waals surface area contributed by atoms with E-state index in [0.717, 1.165) is 38.9 Å². The van der Waals surface area contributed by atoms with Crippen LogP contribution in [0.3, 0.4) is 0 Å². The van der Waals surface area contributed by atoms with Gasteiger partial charge in [-0.25, -0.2) is 0 Å². The third-order valence-corrected chi connectivity index (χ3v) is 2.79. The standard InChI is InChI=1S/C11H21NO2/c1-3-4-5-10(13)12-11(2)6-8-14-9-7-11/h3-9H2,1-2H3,(H,12,13). The highest BCUT2D eigenvalue weighted by atomic mass is 16.5. The van der Waals surface area contributed by atoms with Gasteiger partial charge in [-0.3, -0.25) is 4.79 Å². The molecule has 1 saturated heterocycles. The van der Waals surface area contributed by atoms with E-state index in [0.29, 0.717) is 6.42 Å². The average molecular weight is 199 g/mol. The van der Waals surface area contributed by atoms with Crippen LogP contribution in [0.25, 0.3) is 0 Å². The molecule has 0 aliphatic carbocycles. The smallest absolute Gasteiger partial charge is 0.220 e. The van der Waals surface area contributed by atoms with Crippen molar-refractivity contribution in [3.05, 3.63) is 0 Å². The Morgan fingerprint density at radius 1 is 1.43 bits per heavy atom. The summed E-state index contributed by atoms with van der Waals surface area (Å²) in [6, 6.07) is 0. The van der Waals surface area contributed by atoms with Gasteiger partial charge in [0, 0.05) is 25.2 Å². The van der Waals surface area contributed by atoms with Gasteiger partial charge in [-0.05, 0) is 26.2 Å². The van der Waals surface area contributed by atoms with E-state index in [2.05, 4.69) is 19.2 Å². The zero-order valence-corrected chi connectivity index (χ0v) is 9.27. The largest absolute Gasteiger partial charge is 0.381 e. The van der Waals surface area contributed by atoms with Crippen molar-refractivity contribution in [1.29, 1.82) is 0 Å². The van der Waals surface area contributed by atoms with E-state index in [4.69, 9.17) is 4.74 Å². The van der Waals surface area contributed by atoms with E-state index in [-0.39, 0.29) is 11.4 Å². The Labute approximate surface area is 86.2 Å². The number of carbonyl (C=O) groups is 1. The minimum Gasteiger partial charge on any atom is -0.381 e. The van der Waals surface area contributed by atoms with Gasteiger partial charge in [-0.2, -0.15) is 0 Å². The normalized spacial score (nSPS) is 20.4. The number of hydrogen-bond acceptors (Lipinski definition) is 2. The van der Waals surface area contributed by atoms with Crippen molar-refractivity contribution in [3.8, 4) is 0 Å². The van der Waals surface area contributed by atoms with Gasteiger partial charge in [0.1, 0.15) is 0 Å². The van der Waals surface area contributed by atoms with E-state index in [1.807, 2.05) is 0 Å². The zero-order valence-electron chi connectivity index (χ0n) is 9.27. The molecule has 0 aromatic rings. The third-order valence-electron chi connectivity index (χ3n) is 2.79. The molecule has 1 amide bonds. The van der Waals surface area contributed by atoms with Gasteiger partial charge < -0.3 is 10.1 Å². The number of carbonyl (C=O) groups excluding carboxylic acids is 1. The molecule has 3 heteroatoms. The lowest BCUT2D eigenvalue weighted by Crippen LogP contribution is -2.49. The summed E-state index contributed by atoms with van der Waals surface area (Å²) in [4.78, 5) is 11.5. The highest BCUT2D eigenvalue weighted by Gasteiger charge is 2.28. The topological polar surface area (TPSA) is 38.3 Å². The molecule has 14 heavy (non-hydrogen) atoms. The first-order valence-corrected chi connectivity index (χ1v) is 5.55. The second-order valence-electron chi connectivity index (χ2n) is 4.32. The van der Waals surface area contributed by atoms with Gasteiger partial charge in [-0.15, -0.1) is 0 Å². The van der Waals surface area contributed by atoms with E-state index < -0.39 is 0 Å². The third kappa shape index (κ3) is 3.66. The molecule has 0 unspecified atom stereocenters. The Hall–Kier alpha value is -0.570. The molecule has 1 N–H and O–H groups in total. The number of unbranched alkanes of at least 4 members (excludes halogenated alkanes) is 1. The van der Waals surface area contributed by atoms with Crippen LogP contribution in [-0.4, -0.2) is 24.7 Å². The Bertz CT molecular complexity index is 186. The van der Waals surface area contributed by atoms with Gasteiger partial charge in [0.2, 0.25) is 5.91 Å². The van der Waals surface area contributed by atoms with Crippen LogP contribution in [0.15, 0.2) is 0 Å². The van der Waals surface area contributed by atoms with Crippen molar-refractivity contribution in [2.24, 2.45) is 0 Å². The molecule has 1 rings (SSSR count). The number of nitrogens with one attached hydrogen (secondary N) is 1. The summed E-state index contributed by atoms with van der Waals surface area (Å²) in [6.45, 7) is 5.75. The fraction of sp³-hybridized carbons (Fsp3) is 0.909. The molecule has 0 atom stereocenters. The second kappa shape index (κ2) is 5.35. The fourth-order valence-electron chi connectivity index (χ4n) is 1.68. The number of hydrogen-bond donors (Lipinski definition) is 1. The van der Waals surface area contributed by atoms with Crippen LogP contribution >= 0.6 is 0 Å². The lowest BCUT2D eigenvalue weighted by Gasteiger charge is -2.34. The van der Waals surface area contributed by atoms with E-state index >= 15 is 0 Å². The summed E-state index contributed by atoms with van der Waals surface area (Å²) < 4.78 is 5.28.